The van der Waals surface area contributed by atoms with Crippen LogP contribution < -0.4 is 0 Å². The van der Waals surface area contributed by atoms with Gasteiger partial charge in [-0.25, -0.2) is 0 Å². The fraction of sp³-hybridized carbons (Fsp3) is 0. The van der Waals surface area contributed by atoms with E-state index in [9.17, 15) is 4.79 Å². The summed E-state index contributed by atoms with van der Waals surface area (Å²) in [7, 11) is 0. The van der Waals surface area contributed by atoms with Gasteiger partial charge in [-0.15, -0.1) is 22.7 Å². The van der Waals surface area contributed by atoms with Crippen molar-refractivity contribution in [3.8, 4) is 0 Å². The van der Waals surface area contributed by atoms with Crippen LogP contribution in [0.25, 0.3) is 20.2 Å². The number of halogens is 2. The van der Waals surface area contributed by atoms with Crippen molar-refractivity contribution in [1.29, 1.82) is 0 Å². The van der Waals surface area contributed by atoms with Crippen molar-refractivity contribution in [1.82, 2.24) is 0 Å². The third-order valence-corrected chi connectivity index (χ3v) is 6.62. The van der Waals surface area contributed by atoms with Gasteiger partial charge in [0, 0.05) is 18.3 Å². The van der Waals surface area contributed by atoms with Crippen molar-refractivity contribution in [2.75, 3.05) is 0 Å². The molecule has 0 spiro atoms. The highest BCUT2D eigenvalue weighted by atomic mass is 79.9. The van der Waals surface area contributed by atoms with Crippen molar-refractivity contribution < 1.29 is 4.79 Å². The summed E-state index contributed by atoms with van der Waals surface area (Å²) >= 11 is 10.0. The number of hydrogen-bond donors (Lipinski definition) is 0. The molecule has 0 saturated heterocycles. The molecule has 22 heavy (non-hydrogen) atoms. The molecule has 0 bridgehead atoms. The van der Waals surface area contributed by atoms with Gasteiger partial charge < -0.3 is 0 Å². The summed E-state index contributed by atoms with van der Waals surface area (Å²) in [6, 6.07) is 16.1. The average Bonchev–Trinajstić information content (AvgIpc) is 3.08. The van der Waals surface area contributed by atoms with E-state index < -0.39 is 0 Å². The first kappa shape index (κ1) is 14.6. The first-order valence-electron chi connectivity index (χ1n) is 6.53. The minimum absolute atomic E-state index is 0.106. The van der Waals surface area contributed by atoms with Crippen LogP contribution in [0.3, 0.4) is 0 Å². The van der Waals surface area contributed by atoms with Gasteiger partial charge in [0.25, 0.3) is 0 Å². The molecule has 0 saturated carbocycles. The van der Waals surface area contributed by atoms with Crippen molar-refractivity contribution in [2.45, 2.75) is 0 Å². The van der Waals surface area contributed by atoms with Crippen LogP contribution in [-0.4, -0.2) is 5.78 Å². The second-order valence-electron chi connectivity index (χ2n) is 4.91. The van der Waals surface area contributed by atoms with Crippen molar-refractivity contribution in [3.05, 3.63) is 67.2 Å². The molecule has 0 unspecified atom stereocenters. The molecule has 0 atom stereocenters. The van der Waals surface area contributed by atoms with Gasteiger partial charge in [0.1, 0.15) is 0 Å². The summed E-state index contributed by atoms with van der Waals surface area (Å²) < 4.78 is 4.33. The van der Waals surface area contributed by atoms with Crippen LogP contribution in [0.4, 0.5) is 0 Å². The molecule has 0 N–H and O–H groups in total. The minimum Gasteiger partial charge on any atom is -0.287 e. The number of rotatable bonds is 2. The van der Waals surface area contributed by atoms with Gasteiger partial charge in [0.15, 0.2) is 0 Å². The first-order valence-corrected chi connectivity index (χ1v) is 9.75. The maximum absolute atomic E-state index is 12.8. The molecule has 4 rings (SSSR count). The lowest BCUT2D eigenvalue weighted by Gasteiger charge is -1.90. The first-order chi connectivity index (χ1) is 10.6. The second kappa shape index (κ2) is 5.57. The topological polar surface area (TPSA) is 17.1 Å². The Morgan fingerprint density at radius 2 is 1.18 bits per heavy atom. The van der Waals surface area contributed by atoms with E-state index in [4.69, 9.17) is 0 Å². The molecule has 0 fully saturated rings. The Morgan fingerprint density at radius 1 is 0.727 bits per heavy atom. The van der Waals surface area contributed by atoms with E-state index in [2.05, 4.69) is 31.9 Å². The largest absolute Gasteiger partial charge is 0.287 e. The van der Waals surface area contributed by atoms with Crippen LogP contribution in [0.2, 0.25) is 0 Å². The van der Waals surface area contributed by atoms with Crippen LogP contribution in [-0.2, 0) is 0 Å². The molecule has 0 aliphatic rings. The molecule has 2 aromatic carbocycles. The van der Waals surface area contributed by atoms with E-state index in [1.165, 1.54) is 0 Å². The zero-order valence-corrected chi connectivity index (χ0v) is 15.9. The summed E-state index contributed by atoms with van der Waals surface area (Å²) in [6.07, 6.45) is 0. The molecular weight excluding hydrogens is 444 g/mol. The maximum Gasteiger partial charge on any atom is 0.212 e. The highest BCUT2D eigenvalue weighted by Gasteiger charge is 2.16. The van der Waals surface area contributed by atoms with E-state index in [-0.39, 0.29) is 5.78 Å². The maximum atomic E-state index is 12.8. The van der Waals surface area contributed by atoms with Crippen molar-refractivity contribution in [3.63, 3.8) is 0 Å². The Balaban J connectivity index is 1.80. The summed E-state index contributed by atoms with van der Waals surface area (Å²) in [5.74, 6) is 0.106. The number of thiophene rings is 2. The number of fused-ring (bicyclic) bond motifs is 2. The third-order valence-electron chi connectivity index (χ3n) is 3.40. The molecule has 2 heterocycles. The summed E-state index contributed by atoms with van der Waals surface area (Å²) in [6.45, 7) is 0. The van der Waals surface area contributed by atoms with Gasteiger partial charge in [0.05, 0.1) is 9.75 Å². The Bertz CT molecular complexity index is 948. The normalized spacial score (nSPS) is 11.4. The van der Waals surface area contributed by atoms with Crippen LogP contribution in [0.5, 0.6) is 0 Å². The number of benzene rings is 2. The van der Waals surface area contributed by atoms with Crippen LogP contribution in [0.15, 0.2) is 57.5 Å². The summed E-state index contributed by atoms with van der Waals surface area (Å²) in [5, 5.41) is 2.21. The van der Waals surface area contributed by atoms with Crippen LogP contribution in [0.1, 0.15) is 14.5 Å². The van der Waals surface area contributed by atoms with E-state index in [1.807, 2.05) is 48.5 Å². The molecule has 1 nitrogen and oxygen atoms in total. The molecule has 2 aromatic heterocycles. The standard InChI is InChI=1S/C17H8Br2OS2/c18-11-1-3-13-9(5-11)7-15(21-13)17(20)16-8-10-6-12(19)2-4-14(10)22-16/h1-8H. The van der Waals surface area contributed by atoms with Gasteiger partial charge in [-0.05, 0) is 59.3 Å². The Labute approximate surface area is 151 Å². The number of hydrogen-bond acceptors (Lipinski definition) is 3. The highest BCUT2D eigenvalue weighted by Crippen LogP contribution is 2.33. The zero-order chi connectivity index (χ0) is 15.3. The molecule has 0 radical (unpaired) electrons. The molecule has 108 valence electrons. The van der Waals surface area contributed by atoms with Gasteiger partial charge in [0.2, 0.25) is 5.78 Å². The Hall–Kier alpha value is -1.01. The summed E-state index contributed by atoms with van der Waals surface area (Å²) in [5.41, 5.74) is 0. The highest BCUT2D eigenvalue weighted by molar-refractivity contribution is 9.10. The van der Waals surface area contributed by atoms with Crippen LogP contribution in [0, 0.1) is 0 Å². The molecule has 5 heteroatoms. The molecule has 0 amide bonds. The smallest absolute Gasteiger partial charge is 0.212 e. The van der Waals surface area contributed by atoms with E-state index >= 15 is 0 Å². The van der Waals surface area contributed by atoms with E-state index in [0.717, 1.165) is 38.9 Å². The fourth-order valence-corrected chi connectivity index (χ4v) is 5.19. The lowest BCUT2D eigenvalue weighted by molar-refractivity contribution is 0.104. The molecule has 4 aromatic rings. The van der Waals surface area contributed by atoms with Crippen LogP contribution >= 0.6 is 54.5 Å². The Morgan fingerprint density at radius 3 is 1.64 bits per heavy atom. The zero-order valence-electron chi connectivity index (χ0n) is 11.1. The van der Waals surface area contributed by atoms with Gasteiger partial charge in [-0.1, -0.05) is 31.9 Å². The molecule has 0 aliphatic carbocycles. The molecule has 0 aliphatic heterocycles. The SMILES string of the molecule is O=C(c1cc2cc(Br)ccc2s1)c1cc2cc(Br)ccc2s1. The number of carbonyl (C=O) groups excluding carboxylic acids is 1. The summed E-state index contributed by atoms with van der Waals surface area (Å²) in [4.78, 5) is 14.3. The molecular formula is C17H8Br2OS2. The number of carbonyl (C=O) groups is 1. The predicted octanol–water partition coefficient (Wildman–Crippen LogP) is 6.87. The minimum atomic E-state index is 0.106. The Kier molecular flexibility index (Phi) is 3.69. The monoisotopic (exact) mass is 450 g/mol. The van der Waals surface area contributed by atoms with Gasteiger partial charge >= 0.3 is 0 Å². The average molecular weight is 452 g/mol. The lowest BCUT2D eigenvalue weighted by atomic mass is 10.2. The van der Waals surface area contributed by atoms with Crippen molar-refractivity contribution >= 4 is 80.5 Å². The van der Waals surface area contributed by atoms with E-state index in [1.54, 1.807) is 22.7 Å². The van der Waals surface area contributed by atoms with Gasteiger partial charge in [-0.3, -0.25) is 4.79 Å². The fourth-order valence-electron chi connectivity index (χ4n) is 2.37. The predicted molar refractivity (Wildman–Crippen MR) is 102 cm³/mol. The lowest BCUT2D eigenvalue weighted by Crippen LogP contribution is -1.93. The quantitative estimate of drug-likeness (QED) is 0.304. The van der Waals surface area contributed by atoms with Crippen molar-refractivity contribution in [2.24, 2.45) is 0 Å². The number of ketones is 1. The van der Waals surface area contributed by atoms with Gasteiger partial charge in [-0.2, -0.15) is 0 Å². The second-order valence-corrected chi connectivity index (χ2v) is 8.91. The third kappa shape index (κ3) is 2.56. The van der Waals surface area contributed by atoms with E-state index in [0.29, 0.717) is 0 Å².